The van der Waals surface area contributed by atoms with Crippen molar-refractivity contribution in [2.45, 2.75) is 42.0 Å². The predicted octanol–water partition coefficient (Wildman–Crippen LogP) is 2.62. The lowest BCUT2D eigenvalue weighted by molar-refractivity contribution is 0.552. The monoisotopic (exact) mass is 348 g/mol. The standard InChI is InChI=1S/C14H21ClN2O2S2/c1-16-9-10-7-13(5-6-14(10)15)21(18,19)17-11-3-4-12(8-11)20-2/h5-7,11-12,16-17H,3-4,8-9H2,1-2H3. The Morgan fingerprint density at radius 2 is 2.14 bits per heavy atom. The summed E-state index contributed by atoms with van der Waals surface area (Å²) in [7, 11) is -1.68. The molecule has 21 heavy (non-hydrogen) atoms. The highest BCUT2D eigenvalue weighted by Gasteiger charge is 2.28. The van der Waals surface area contributed by atoms with Crippen molar-refractivity contribution in [1.29, 1.82) is 0 Å². The van der Waals surface area contributed by atoms with Crippen LogP contribution in [0.4, 0.5) is 0 Å². The summed E-state index contributed by atoms with van der Waals surface area (Å²) in [4.78, 5) is 0.282. The lowest BCUT2D eigenvalue weighted by atomic mass is 10.2. The normalized spacial score (nSPS) is 22.6. The van der Waals surface area contributed by atoms with E-state index in [1.807, 2.05) is 11.8 Å². The zero-order valence-corrected chi connectivity index (χ0v) is 14.6. The number of thioether (sulfide) groups is 1. The first kappa shape index (κ1) is 17.1. The molecule has 1 aromatic rings. The number of sulfonamides is 1. The Balaban J connectivity index is 2.14. The van der Waals surface area contributed by atoms with Crippen LogP contribution in [-0.2, 0) is 16.6 Å². The molecule has 2 unspecified atom stereocenters. The number of benzene rings is 1. The van der Waals surface area contributed by atoms with Gasteiger partial charge >= 0.3 is 0 Å². The Morgan fingerprint density at radius 1 is 1.38 bits per heavy atom. The second-order valence-corrected chi connectivity index (χ2v) is 8.53. The number of nitrogens with one attached hydrogen (secondary N) is 2. The first-order valence-electron chi connectivity index (χ1n) is 6.94. The predicted molar refractivity (Wildman–Crippen MR) is 89.5 cm³/mol. The quantitative estimate of drug-likeness (QED) is 0.829. The maximum Gasteiger partial charge on any atom is 0.240 e. The number of rotatable bonds is 6. The van der Waals surface area contributed by atoms with Gasteiger partial charge in [0.1, 0.15) is 0 Å². The zero-order valence-electron chi connectivity index (χ0n) is 12.2. The molecule has 0 saturated heterocycles. The fourth-order valence-electron chi connectivity index (χ4n) is 2.59. The minimum Gasteiger partial charge on any atom is -0.316 e. The van der Waals surface area contributed by atoms with Crippen LogP contribution in [0.25, 0.3) is 0 Å². The van der Waals surface area contributed by atoms with E-state index in [4.69, 9.17) is 11.6 Å². The summed E-state index contributed by atoms with van der Waals surface area (Å²) in [5, 5.41) is 4.12. The highest BCUT2D eigenvalue weighted by atomic mass is 35.5. The van der Waals surface area contributed by atoms with Crippen LogP contribution in [0, 0.1) is 0 Å². The first-order valence-corrected chi connectivity index (χ1v) is 10.1. The highest BCUT2D eigenvalue weighted by Crippen LogP contribution is 2.29. The van der Waals surface area contributed by atoms with Gasteiger partial charge in [-0.05, 0) is 56.3 Å². The van der Waals surface area contributed by atoms with E-state index in [0.717, 1.165) is 24.8 Å². The van der Waals surface area contributed by atoms with Gasteiger partial charge in [-0.1, -0.05) is 11.6 Å². The molecule has 2 atom stereocenters. The van der Waals surface area contributed by atoms with Gasteiger partial charge in [-0.3, -0.25) is 0 Å². The molecule has 4 nitrogen and oxygen atoms in total. The van der Waals surface area contributed by atoms with Gasteiger partial charge in [-0.25, -0.2) is 13.1 Å². The molecule has 0 aromatic heterocycles. The Kier molecular flexibility index (Phi) is 5.96. The molecule has 0 amide bonds. The summed E-state index contributed by atoms with van der Waals surface area (Å²) < 4.78 is 27.8. The largest absolute Gasteiger partial charge is 0.316 e. The van der Waals surface area contributed by atoms with Crippen LogP contribution >= 0.6 is 23.4 Å². The number of halogens is 1. The van der Waals surface area contributed by atoms with Gasteiger partial charge in [-0.2, -0.15) is 11.8 Å². The van der Waals surface area contributed by atoms with Crippen molar-refractivity contribution in [3.05, 3.63) is 28.8 Å². The molecule has 0 aliphatic heterocycles. The van der Waals surface area contributed by atoms with E-state index in [0.29, 0.717) is 16.8 Å². The van der Waals surface area contributed by atoms with Crippen molar-refractivity contribution in [1.82, 2.24) is 10.0 Å². The molecule has 0 radical (unpaired) electrons. The molecule has 1 saturated carbocycles. The minimum atomic E-state index is -3.48. The Bertz CT molecular complexity index is 593. The third-order valence-electron chi connectivity index (χ3n) is 3.73. The van der Waals surface area contributed by atoms with Gasteiger partial charge in [0.2, 0.25) is 10.0 Å². The van der Waals surface area contributed by atoms with E-state index >= 15 is 0 Å². The van der Waals surface area contributed by atoms with Gasteiger partial charge in [0.15, 0.2) is 0 Å². The molecule has 118 valence electrons. The van der Waals surface area contributed by atoms with Crippen LogP contribution in [0.5, 0.6) is 0 Å². The summed E-state index contributed by atoms with van der Waals surface area (Å²) in [5.41, 5.74) is 0.787. The van der Waals surface area contributed by atoms with Crippen LogP contribution < -0.4 is 10.0 Å². The molecule has 1 aromatic carbocycles. The average molecular weight is 349 g/mol. The maximum atomic E-state index is 12.5. The molecular weight excluding hydrogens is 328 g/mol. The second-order valence-electron chi connectivity index (χ2n) is 5.27. The Labute approximate surface area is 136 Å². The molecule has 1 aliphatic carbocycles. The SMILES string of the molecule is CNCc1cc(S(=O)(=O)NC2CCC(SC)C2)ccc1Cl. The van der Waals surface area contributed by atoms with Crippen molar-refractivity contribution in [2.75, 3.05) is 13.3 Å². The lowest BCUT2D eigenvalue weighted by Crippen LogP contribution is -2.33. The number of hydrogen-bond acceptors (Lipinski definition) is 4. The molecule has 0 bridgehead atoms. The van der Waals surface area contributed by atoms with Crippen LogP contribution in [0.3, 0.4) is 0 Å². The van der Waals surface area contributed by atoms with Crippen LogP contribution in [0.2, 0.25) is 5.02 Å². The smallest absolute Gasteiger partial charge is 0.240 e. The van der Waals surface area contributed by atoms with Crippen LogP contribution in [0.15, 0.2) is 23.1 Å². The molecule has 1 fully saturated rings. The van der Waals surface area contributed by atoms with Gasteiger partial charge in [0, 0.05) is 22.9 Å². The maximum absolute atomic E-state index is 12.5. The molecule has 0 heterocycles. The first-order chi connectivity index (χ1) is 9.96. The summed E-state index contributed by atoms with van der Waals surface area (Å²) in [6.45, 7) is 0.542. The van der Waals surface area contributed by atoms with E-state index < -0.39 is 10.0 Å². The second kappa shape index (κ2) is 7.33. The van der Waals surface area contributed by atoms with Crippen molar-refractivity contribution < 1.29 is 8.42 Å². The number of hydrogen-bond donors (Lipinski definition) is 2. The topological polar surface area (TPSA) is 58.2 Å². The van der Waals surface area contributed by atoms with E-state index in [1.165, 1.54) is 0 Å². The van der Waals surface area contributed by atoms with Crippen LogP contribution in [-0.4, -0.2) is 33.0 Å². The fraction of sp³-hybridized carbons (Fsp3) is 0.571. The highest BCUT2D eigenvalue weighted by molar-refractivity contribution is 7.99. The summed E-state index contributed by atoms with van der Waals surface area (Å²) >= 11 is 7.88. The fourth-order valence-corrected chi connectivity index (χ4v) is 4.91. The molecule has 0 spiro atoms. The van der Waals surface area contributed by atoms with E-state index in [2.05, 4.69) is 16.3 Å². The van der Waals surface area contributed by atoms with E-state index in [-0.39, 0.29) is 10.9 Å². The van der Waals surface area contributed by atoms with Crippen molar-refractivity contribution in [3.63, 3.8) is 0 Å². The van der Waals surface area contributed by atoms with E-state index in [9.17, 15) is 8.42 Å². The average Bonchev–Trinajstić information content (AvgIpc) is 2.88. The molecule has 2 rings (SSSR count). The Morgan fingerprint density at radius 3 is 2.76 bits per heavy atom. The van der Waals surface area contributed by atoms with E-state index in [1.54, 1.807) is 25.2 Å². The summed E-state index contributed by atoms with van der Waals surface area (Å²) in [6, 6.07) is 4.88. The third kappa shape index (κ3) is 4.36. The van der Waals surface area contributed by atoms with Gasteiger partial charge < -0.3 is 5.32 Å². The van der Waals surface area contributed by atoms with Gasteiger partial charge in [0.05, 0.1) is 4.90 Å². The molecule has 2 N–H and O–H groups in total. The molecule has 1 aliphatic rings. The van der Waals surface area contributed by atoms with Crippen LogP contribution in [0.1, 0.15) is 24.8 Å². The molecule has 7 heteroatoms. The van der Waals surface area contributed by atoms with Crippen molar-refractivity contribution in [3.8, 4) is 0 Å². The third-order valence-corrected chi connectivity index (χ3v) is 6.72. The summed E-state index contributed by atoms with van der Waals surface area (Å²) in [6.07, 6.45) is 4.95. The van der Waals surface area contributed by atoms with Gasteiger partial charge in [-0.15, -0.1) is 0 Å². The van der Waals surface area contributed by atoms with Gasteiger partial charge in [0.25, 0.3) is 0 Å². The Hall–Kier alpha value is -0.270. The molecular formula is C14H21ClN2O2S2. The lowest BCUT2D eigenvalue weighted by Gasteiger charge is -2.14. The zero-order chi connectivity index (χ0) is 15.5. The summed E-state index contributed by atoms with van der Waals surface area (Å²) in [5.74, 6) is 0. The minimum absolute atomic E-state index is 0.0379. The van der Waals surface area contributed by atoms with Crippen molar-refractivity contribution in [2.24, 2.45) is 0 Å². The van der Waals surface area contributed by atoms with Crippen molar-refractivity contribution >= 4 is 33.4 Å².